The molecule has 5 heteroatoms. The molecule has 4 N–H and O–H groups in total. The SMILES string of the molecule is CSCC[C@H](N)C(=O)NC1CCCC1CO. The average molecular weight is 246 g/mol. The predicted octanol–water partition coefficient (Wildman–Crippen LogP) is 0.344. The standard InChI is InChI=1S/C11H22N2O2S/c1-16-6-5-9(12)11(15)13-10-4-2-3-8(10)7-14/h8-10,14H,2-7,12H2,1H3,(H,13,15)/t8?,9-,10?/m0/s1. The fourth-order valence-electron chi connectivity index (χ4n) is 2.11. The molecule has 1 aliphatic carbocycles. The van der Waals surface area contributed by atoms with E-state index in [-0.39, 0.29) is 24.5 Å². The summed E-state index contributed by atoms with van der Waals surface area (Å²) >= 11 is 1.70. The van der Waals surface area contributed by atoms with Crippen LogP contribution in [0, 0.1) is 5.92 Å². The summed E-state index contributed by atoms with van der Waals surface area (Å²) in [7, 11) is 0. The minimum atomic E-state index is -0.410. The van der Waals surface area contributed by atoms with Crippen LogP contribution in [0.3, 0.4) is 0 Å². The van der Waals surface area contributed by atoms with Crippen molar-refractivity contribution in [2.75, 3.05) is 18.6 Å². The molecule has 2 unspecified atom stereocenters. The van der Waals surface area contributed by atoms with E-state index in [9.17, 15) is 4.79 Å². The summed E-state index contributed by atoms with van der Waals surface area (Å²) in [6.07, 6.45) is 5.76. The number of thioether (sulfide) groups is 1. The molecule has 4 nitrogen and oxygen atoms in total. The zero-order chi connectivity index (χ0) is 12.0. The van der Waals surface area contributed by atoms with Crippen molar-refractivity contribution < 1.29 is 9.90 Å². The van der Waals surface area contributed by atoms with E-state index in [1.165, 1.54) is 0 Å². The highest BCUT2D eigenvalue weighted by molar-refractivity contribution is 7.98. The van der Waals surface area contributed by atoms with E-state index in [1.807, 2.05) is 6.26 Å². The molecule has 1 amide bonds. The summed E-state index contributed by atoms with van der Waals surface area (Å²) in [5.41, 5.74) is 5.78. The highest BCUT2D eigenvalue weighted by Gasteiger charge is 2.28. The number of hydrogen-bond donors (Lipinski definition) is 3. The van der Waals surface area contributed by atoms with Crippen LogP contribution in [0.25, 0.3) is 0 Å². The van der Waals surface area contributed by atoms with Crippen molar-refractivity contribution in [3.8, 4) is 0 Å². The summed E-state index contributed by atoms with van der Waals surface area (Å²) < 4.78 is 0. The van der Waals surface area contributed by atoms with Gasteiger partial charge in [-0.15, -0.1) is 0 Å². The van der Waals surface area contributed by atoms with Gasteiger partial charge in [0.25, 0.3) is 0 Å². The highest BCUT2D eigenvalue weighted by atomic mass is 32.2. The first-order valence-electron chi connectivity index (χ1n) is 5.84. The van der Waals surface area contributed by atoms with E-state index in [2.05, 4.69) is 5.32 Å². The molecule has 0 aliphatic heterocycles. The minimum Gasteiger partial charge on any atom is -0.396 e. The van der Waals surface area contributed by atoms with Crippen LogP contribution >= 0.6 is 11.8 Å². The molecule has 0 heterocycles. The molecule has 16 heavy (non-hydrogen) atoms. The van der Waals surface area contributed by atoms with Gasteiger partial charge in [-0.05, 0) is 31.3 Å². The average Bonchev–Trinajstić information content (AvgIpc) is 2.72. The number of rotatable bonds is 6. The first kappa shape index (κ1) is 13.8. The molecular weight excluding hydrogens is 224 g/mol. The van der Waals surface area contributed by atoms with Crippen molar-refractivity contribution in [1.82, 2.24) is 5.32 Å². The molecular formula is C11H22N2O2S. The van der Waals surface area contributed by atoms with E-state index >= 15 is 0 Å². The van der Waals surface area contributed by atoms with Crippen molar-refractivity contribution in [2.45, 2.75) is 37.8 Å². The van der Waals surface area contributed by atoms with Gasteiger partial charge in [-0.25, -0.2) is 0 Å². The van der Waals surface area contributed by atoms with E-state index in [0.29, 0.717) is 6.42 Å². The number of nitrogens with one attached hydrogen (secondary N) is 1. The van der Waals surface area contributed by atoms with Gasteiger partial charge in [-0.2, -0.15) is 11.8 Å². The van der Waals surface area contributed by atoms with Crippen molar-refractivity contribution >= 4 is 17.7 Å². The Bertz CT molecular complexity index is 226. The molecule has 0 radical (unpaired) electrons. The predicted molar refractivity (Wildman–Crippen MR) is 67.3 cm³/mol. The molecule has 0 spiro atoms. The fourth-order valence-corrected chi connectivity index (χ4v) is 2.60. The molecule has 94 valence electrons. The normalized spacial score (nSPS) is 26.7. The Kier molecular flexibility index (Phi) is 6.16. The second-order valence-corrected chi connectivity index (χ2v) is 5.36. The van der Waals surface area contributed by atoms with Crippen LogP contribution in [-0.4, -0.2) is 41.7 Å². The summed E-state index contributed by atoms with van der Waals surface area (Å²) in [5.74, 6) is 1.05. The first-order valence-corrected chi connectivity index (χ1v) is 7.24. The maximum absolute atomic E-state index is 11.7. The Morgan fingerprint density at radius 1 is 1.62 bits per heavy atom. The number of amides is 1. The number of carbonyl (C=O) groups is 1. The van der Waals surface area contributed by atoms with Gasteiger partial charge in [0.2, 0.25) is 5.91 Å². The van der Waals surface area contributed by atoms with Gasteiger partial charge in [0.15, 0.2) is 0 Å². The summed E-state index contributed by atoms with van der Waals surface area (Å²) in [5, 5.41) is 12.1. The number of carbonyl (C=O) groups excluding carboxylic acids is 1. The lowest BCUT2D eigenvalue weighted by atomic mass is 10.0. The van der Waals surface area contributed by atoms with Gasteiger partial charge in [0.05, 0.1) is 6.04 Å². The van der Waals surface area contributed by atoms with Crippen LogP contribution in [0.2, 0.25) is 0 Å². The lowest BCUT2D eigenvalue weighted by Crippen LogP contribution is -2.47. The van der Waals surface area contributed by atoms with E-state index in [1.54, 1.807) is 11.8 Å². The van der Waals surface area contributed by atoms with Crippen LogP contribution in [0.4, 0.5) is 0 Å². The quantitative estimate of drug-likeness (QED) is 0.632. The third kappa shape index (κ3) is 3.96. The Labute approximate surface area is 101 Å². The van der Waals surface area contributed by atoms with Crippen molar-refractivity contribution in [1.29, 1.82) is 0 Å². The fraction of sp³-hybridized carbons (Fsp3) is 0.909. The maximum atomic E-state index is 11.7. The number of aliphatic hydroxyl groups excluding tert-OH is 1. The molecule has 1 saturated carbocycles. The molecule has 0 aromatic heterocycles. The van der Waals surface area contributed by atoms with Crippen LogP contribution in [0.5, 0.6) is 0 Å². The van der Waals surface area contributed by atoms with Crippen LogP contribution in [0.1, 0.15) is 25.7 Å². The van der Waals surface area contributed by atoms with Crippen molar-refractivity contribution in [3.63, 3.8) is 0 Å². The minimum absolute atomic E-state index is 0.0700. The summed E-state index contributed by atoms with van der Waals surface area (Å²) in [6, 6.07) is -0.287. The Morgan fingerprint density at radius 3 is 3.00 bits per heavy atom. The topological polar surface area (TPSA) is 75.4 Å². The van der Waals surface area contributed by atoms with Gasteiger partial charge in [0.1, 0.15) is 0 Å². The summed E-state index contributed by atoms with van der Waals surface area (Å²) in [6.45, 7) is 0.158. The number of aliphatic hydroxyl groups is 1. The molecule has 3 atom stereocenters. The smallest absolute Gasteiger partial charge is 0.237 e. The number of hydrogen-bond acceptors (Lipinski definition) is 4. The third-order valence-electron chi connectivity index (χ3n) is 3.19. The first-order chi connectivity index (χ1) is 7.69. The van der Waals surface area contributed by atoms with E-state index < -0.39 is 6.04 Å². The monoisotopic (exact) mass is 246 g/mol. The molecule has 1 aliphatic rings. The van der Waals surface area contributed by atoms with Gasteiger partial charge in [-0.3, -0.25) is 4.79 Å². The molecule has 0 bridgehead atoms. The Balaban J connectivity index is 2.32. The molecule has 1 fully saturated rings. The largest absolute Gasteiger partial charge is 0.396 e. The zero-order valence-corrected chi connectivity index (χ0v) is 10.6. The molecule has 0 aromatic carbocycles. The molecule has 0 saturated heterocycles. The van der Waals surface area contributed by atoms with Crippen molar-refractivity contribution in [2.24, 2.45) is 11.7 Å². The highest BCUT2D eigenvalue weighted by Crippen LogP contribution is 2.25. The lowest BCUT2D eigenvalue weighted by molar-refractivity contribution is -0.123. The van der Waals surface area contributed by atoms with Crippen molar-refractivity contribution in [3.05, 3.63) is 0 Å². The Hall–Kier alpha value is -0.260. The second-order valence-electron chi connectivity index (χ2n) is 4.38. The maximum Gasteiger partial charge on any atom is 0.237 e. The van der Waals surface area contributed by atoms with E-state index in [4.69, 9.17) is 10.8 Å². The van der Waals surface area contributed by atoms with Gasteiger partial charge < -0.3 is 16.2 Å². The van der Waals surface area contributed by atoms with Crippen LogP contribution < -0.4 is 11.1 Å². The summed E-state index contributed by atoms with van der Waals surface area (Å²) in [4.78, 5) is 11.7. The van der Waals surface area contributed by atoms with Crippen LogP contribution in [-0.2, 0) is 4.79 Å². The van der Waals surface area contributed by atoms with Gasteiger partial charge in [0, 0.05) is 18.6 Å². The third-order valence-corrected chi connectivity index (χ3v) is 3.83. The van der Waals surface area contributed by atoms with Gasteiger partial charge in [-0.1, -0.05) is 6.42 Å². The zero-order valence-electron chi connectivity index (χ0n) is 9.82. The van der Waals surface area contributed by atoms with Gasteiger partial charge >= 0.3 is 0 Å². The molecule has 1 rings (SSSR count). The lowest BCUT2D eigenvalue weighted by Gasteiger charge is -2.21. The molecule has 0 aromatic rings. The second kappa shape index (κ2) is 7.14. The van der Waals surface area contributed by atoms with E-state index in [0.717, 1.165) is 25.0 Å². The Morgan fingerprint density at radius 2 is 2.38 bits per heavy atom. The number of nitrogens with two attached hydrogens (primary N) is 1. The van der Waals surface area contributed by atoms with Crippen LogP contribution in [0.15, 0.2) is 0 Å².